The molecule has 1 aliphatic rings. The molecule has 0 bridgehead atoms. The minimum absolute atomic E-state index is 0.260. The summed E-state index contributed by atoms with van der Waals surface area (Å²) >= 11 is 2.17. The summed E-state index contributed by atoms with van der Waals surface area (Å²) in [5.41, 5.74) is 9.16. The minimum atomic E-state index is 0.260. The molecule has 0 fully saturated rings. The third-order valence-electron chi connectivity index (χ3n) is 1.85. The fourth-order valence-corrected chi connectivity index (χ4v) is 1.80. The summed E-state index contributed by atoms with van der Waals surface area (Å²) in [6, 6.07) is 3.73. The van der Waals surface area contributed by atoms with Gasteiger partial charge in [-0.3, -0.25) is 0 Å². The predicted octanol–water partition coefficient (Wildman–Crippen LogP) is 2.83. The van der Waals surface area contributed by atoms with Crippen LogP contribution in [0.5, 0.6) is 11.5 Å². The Hall–Kier alpha value is -1.14. The molecule has 0 atom stereocenters. The van der Waals surface area contributed by atoms with Gasteiger partial charge in [-0.1, -0.05) is 5.11 Å². The second-order valence-corrected chi connectivity index (χ2v) is 3.85. The average molecular weight is 303 g/mol. The van der Waals surface area contributed by atoms with Gasteiger partial charge >= 0.3 is 0 Å². The van der Waals surface area contributed by atoms with Crippen LogP contribution in [0.4, 0.5) is 0 Å². The molecule has 5 nitrogen and oxygen atoms in total. The molecule has 0 unspecified atom stereocenters. The van der Waals surface area contributed by atoms with Gasteiger partial charge < -0.3 is 9.47 Å². The minimum Gasteiger partial charge on any atom is -0.454 e. The molecule has 0 radical (unpaired) electrons. The Kier molecular flexibility index (Phi) is 2.64. The van der Waals surface area contributed by atoms with Gasteiger partial charge in [0.1, 0.15) is 0 Å². The summed E-state index contributed by atoms with van der Waals surface area (Å²) < 4.78 is 11.4. The molecular formula is C8H6IN3O2. The van der Waals surface area contributed by atoms with E-state index in [2.05, 4.69) is 32.6 Å². The average Bonchev–Trinajstić information content (AvgIpc) is 2.61. The van der Waals surface area contributed by atoms with Crippen LogP contribution in [0.15, 0.2) is 17.2 Å². The summed E-state index contributed by atoms with van der Waals surface area (Å²) in [6.07, 6.45) is 0. The zero-order valence-electron chi connectivity index (χ0n) is 7.11. The molecule has 0 aliphatic carbocycles. The van der Waals surface area contributed by atoms with E-state index >= 15 is 0 Å². The highest BCUT2D eigenvalue weighted by Crippen LogP contribution is 2.35. The van der Waals surface area contributed by atoms with Crippen molar-refractivity contribution in [2.75, 3.05) is 6.79 Å². The van der Waals surface area contributed by atoms with Crippen LogP contribution in [0, 0.1) is 3.57 Å². The van der Waals surface area contributed by atoms with Crippen LogP contribution in [0.1, 0.15) is 5.56 Å². The highest BCUT2D eigenvalue weighted by molar-refractivity contribution is 14.1. The molecule has 0 saturated carbocycles. The predicted molar refractivity (Wildman–Crippen MR) is 58.1 cm³/mol. The van der Waals surface area contributed by atoms with Crippen LogP contribution in [-0.4, -0.2) is 6.79 Å². The van der Waals surface area contributed by atoms with Crippen molar-refractivity contribution >= 4 is 22.6 Å². The largest absolute Gasteiger partial charge is 0.454 e. The van der Waals surface area contributed by atoms with Crippen molar-refractivity contribution < 1.29 is 9.47 Å². The Bertz CT molecular complexity index is 415. The Morgan fingerprint density at radius 1 is 1.43 bits per heavy atom. The first-order valence-electron chi connectivity index (χ1n) is 3.90. The third-order valence-corrected chi connectivity index (χ3v) is 2.85. The molecule has 6 heteroatoms. The summed E-state index contributed by atoms with van der Waals surface area (Å²) in [5, 5.41) is 3.51. The molecule has 0 saturated heterocycles. The van der Waals surface area contributed by atoms with E-state index in [1.54, 1.807) is 0 Å². The SMILES string of the molecule is [N-]=[N+]=NCc1cc2c(cc1I)OCO2. The van der Waals surface area contributed by atoms with Crippen molar-refractivity contribution in [3.05, 3.63) is 31.7 Å². The number of benzene rings is 1. The van der Waals surface area contributed by atoms with Gasteiger partial charge in [-0.2, -0.15) is 0 Å². The Morgan fingerprint density at radius 3 is 2.86 bits per heavy atom. The molecule has 1 aromatic carbocycles. The molecule has 0 spiro atoms. The van der Waals surface area contributed by atoms with E-state index in [-0.39, 0.29) is 6.79 Å². The Balaban J connectivity index is 2.36. The first-order valence-corrected chi connectivity index (χ1v) is 4.98. The van der Waals surface area contributed by atoms with Crippen molar-refractivity contribution in [2.45, 2.75) is 6.54 Å². The molecule has 2 rings (SSSR count). The van der Waals surface area contributed by atoms with E-state index in [9.17, 15) is 0 Å². The van der Waals surface area contributed by atoms with Crippen molar-refractivity contribution in [2.24, 2.45) is 5.11 Å². The van der Waals surface area contributed by atoms with Crippen LogP contribution < -0.4 is 9.47 Å². The van der Waals surface area contributed by atoms with Crippen molar-refractivity contribution in [3.8, 4) is 11.5 Å². The van der Waals surface area contributed by atoms with Crippen LogP contribution in [0.25, 0.3) is 10.4 Å². The van der Waals surface area contributed by atoms with Gasteiger partial charge in [-0.15, -0.1) is 0 Å². The quantitative estimate of drug-likeness (QED) is 0.365. The van der Waals surface area contributed by atoms with Gasteiger partial charge in [-0.25, -0.2) is 0 Å². The second kappa shape index (κ2) is 3.93. The Morgan fingerprint density at radius 2 is 2.14 bits per heavy atom. The number of halogens is 1. The fraction of sp³-hybridized carbons (Fsp3) is 0.250. The van der Waals surface area contributed by atoms with Crippen molar-refractivity contribution in [3.63, 3.8) is 0 Å². The lowest BCUT2D eigenvalue weighted by Crippen LogP contribution is -1.92. The zero-order chi connectivity index (χ0) is 9.97. The van der Waals surface area contributed by atoms with E-state index < -0.39 is 0 Å². The van der Waals surface area contributed by atoms with E-state index in [4.69, 9.17) is 15.0 Å². The first-order chi connectivity index (χ1) is 6.81. The lowest BCUT2D eigenvalue weighted by atomic mass is 10.2. The zero-order valence-corrected chi connectivity index (χ0v) is 9.26. The van der Waals surface area contributed by atoms with Crippen molar-refractivity contribution in [1.29, 1.82) is 0 Å². The first kappa shape index (κ1) is 9.42. The maximum absolute atomic E-state index is 8.21. The lowest BCUT2D eigenvalue weighted by molar-refractivity contribution is 0.174. The summed E-state index contributed by atoms with van der Waals surface area (Å²) in [7, 11) is 0. The smallest absolute Gasteiger partial charge is 0.231 e. The van der Waals surface area contributed by atoms with Gasteiger partial charge in [-0.05, 0) is 45.8 Å². The van der Waals surface area contributed by atoms with Gasteiger partial charge in [0.05, 0.1) is 6.54 Å². The molecule has 1 aliphatic heterocycles. The monoisotopic (exact) mass is 303 g/mol. The molecule has 72 valence electrons. The maximum Gasteiger partial charge on any atom is 0.231 e. The maximum atomic E-state index is 8.21. The van der Waals surface area contributed by atoms with E-state index in [0.29, 0.717) is 12.3 Å². The number of fused-ring (bicyclic) bond motifs is 1. The fourth-order valence-electron chi connectivity index (χ4n) is 1.19. The van der Waals surface area contributed by atoms with Gasteiger partial charge in [0.25, 0.3) is 0 Å². The molecule has 0 N–H and O–H groups in total. The number of azide groups is 1. The van der Waals surface area contributed by atoms with Crippen LogP contribution in [0.2, 0.25) is 0 Å². The Labute approximate surface area is 93.8 Å². The second-order valence-electron chi connectivity index (χ2n) is 2.69. The third kappa shape index (κ3) is 1.71. The van der Waals surface area contributed by atoms with E-state index in [1.165, 1.54) is 0 Å². The van der Waals surface area contributed by atoms with Crippen LogP contribution in [0.3, 0.4) is 0 Å². The van der Waals surface area contributed by atoms with Crippen molar-refractivity contribution in [1.82, 2.24) is 0 Å². The summed E-state index contributed by atoms with van der Waals surface area (Å²) in [4.78, 5) is 2.72. The number of nitrogens with zero attached hydrogens (tertiary/aromatic N) is 3. The van der Waals surface area contributed by atoms with Gasteiger partial charge in [0.15, 0.2) is 11.5 Å². The van der Waals surface area contributed by atoms with Crippen LogP contribution in [-0.2, 0) is 6.54 Å². The molecule has 1 aromatic rings. The van der Waals surface area contributed by atoms with Gasteiger partial charge in [0.2, 0.25) is 6.79 Å². The molecular weight excluding hydrogens is 297 g/mol. The summed E-state index contributed by atoms with van der Waals surface area (Å²) in [5.74, 6) is 1.47. The lowest BCUT2D eigenvalue weighted by Gasteiger charge is -2.02. The number of hydrogen-bond acceptors (Lipinski definition) is 3. The highest BCUT2D eigenvalue weighted by atomic mass is 127. The molecule has 0 aromatic heterocycles. The van der Waals surface area contributed by atoms with E-state index in [0.717, 1.165) is 14.9 Å². The standard InChI is InChI=1S/C8H6IN3O2/c9-6-2-8-7(13-4-14-8)1-5(6)3-11-12-10/h1-2H,3-4H2. The molecule has 0 amide bonds. The summed E-state index contributed by atoms with van der Waals surface area (Å²) in [6.45, 7) is 0.599. The molecule has 14 heavy (non-hydrogen) atoms. The van der Waals surface area contributed by atoms with E-state index in [1.807, 2.05) is 12.1 Å². The number of ether oxygens (including phenoxy) is 2. The number of rotatable bonds is 2. The normalized spacial score (nSPS) is 12.4. The highest BCUT2D eigenvalue weighted by Gasteiger charge is 2.15. The van der Waals surface area contributed by atoms with Gasteiger partial charge in [0, 0.05) is 8.48 Å². The van der Waals surface area contributed by atoms with Crippen LogP contribution >= 0.6 is 22.6 Å². The molecule has 1 heterocycles. The topological polar surface area (TPSA) is 67.2 Å². The number of hydrogen-bond donors (Lipinski definition) is 0.